The van der Waals surface area contributed by atoms with E-state index in [1.165, 1.54) is 0 Å². The van der Waals surface area contributed by atoms with Crippen LogP contribution in [-0.4, -0.2) is 41.1 Å². The van der Waals surface area contributed by atoms with E-state index in [9.17, 15) is 4.79 Å². The van der Waals surface area contributed by atoms with E-state index in [1.54, 1.807) is 7.05 Å². The fourth-order valence-electron chi connectivity index (χ4n) is 0.521. The lowest BCUT2D eigenvalue weighted by Gasteiger charge is -2.15. The molecule has 0 aliphatic rings. The Kier molecular flexibility index (Phi) is 4.42. The SMILES string of the molecule is CN[C@@H](CS)[C@H](O)C(=O)O. The summed E-state index contributed by atoms with van der Waals surface area (Å²) >= 11 is 3.84. The van der Waals surface area contributed by atoms with Crippen LogP contribution in [-0.2, 0) is 4.79 Å². The number of thiol groups is 1. The van der Waals surface area contributed by atoms with Crippen LogP contribution < -0.4 is 5.32 Å². The summed E-state index contributed by atoms with van der Waals surface area (Å²) in [5, 5.41) is 19.8. The van der Waals surface area contributed by atoms with Crippen LogP contribution in [0.2, 0.25) is 0 Å². The second-order valence-electron chi connectivity index (χ2n) is 1.86. The van der Waals surface area contributed by atoms with Crippen molar-refractivity contribution >= 4 is 18.6 Å². The number of carboxylic acids is 1. The summed E-state index contributed by atoms with van der Waals surface area (Å²) < 4.78 is 0. The van der Waals surface area contributed by atoms with Gasteiger partial charge in [-0.1, -0.05) is 0 Å². The molecule has 10 heavy (non-hydrogen) atoms. The van der Waals surface area contributed by atoms with Gasteiger partial charge in [0.1, 0.15) is 0 Å². The number of aliphatic carboxylic acids is 1. The second-order valence-corrected chi connectivity index (χ2v) is 2.23. The lowest BCUT2D eigenvalue weighted by Crippen LogP contribution is -2.43. The fraction of sp³-hybridized carbons (Fsp3) is 0.800. The third kappa shape index (κ3) is 2.55. The second kappa shape index (κ2) is 4.54. The number of hydrogen-bond donors (Lipinski definition) is 4. The van der Waals surface area contributed by atoms with Crippen LogP contribution in [0.4, 0.5) is 0 Å². The zero-order valence-electron chi connectivity index (χ0n) is 5.61. The van der Waals surface area contributed by atoms with Gasteiger partial charge in [-0.3, -0.25) is 0 Å². The van der Waals surface area contributed by atoms with Gasteiger partial charge in [-0.2, -0.15) is 12.6 Å². The third-order valence-corrected chi connectivity index (χ3v) is 1.60. The first-order valence-electron chi connectivity index (χ1n) is 2.82. The zero-order chi connectivity index (χ0) is 8.15. The molecule has 0 aliphatic heterocycles. The van der Waals surface area contributed by atoms with Crippen LogP contribution >= 0.6 is 12.6 Å². The molecule has 0 spiro atoms. The molecule has 3 N–H and O–H groups in total. The van der Waals surface area contributed by atoms with Gasteiger partial charge in [0.15, 0.2) is 6.10 Å². The first-order chi connectivity index (χ1) is 4.63. The topological polar surface area (TPSA) is 69.6 Å². The predicted octanol–water partition coefficient (Wildman–Crippen LogP) is -1.05. The molecule has 60 valence electrons. The van der Waals surface area contributed by atoms with Gasteiger partial charge in [0, 0.05) is 5.75 Å². The molecule has 4 nitrogen and oxygen atoms in total. The van der Waals surface area contributed by atoms with Gasteiger partial charge >= 0.3 is 5.97 Å². The summed E-state index contributed by atoms with van der Waals surface area (Å²) in [6, 6.07) is -0.485. The number of likely N-dealkylation sites (N-methyl/N-ethyl adjacent to an activating group) is 1. The van der Waals surface area contributed by atoms with Gasteiger partial charge < -0.3 is 15.5 Å². The van der Waals surface area contributed by atoms with Crippen molar-refractivity contribution in [1.29, 1.82) is 0 Å². The highest BCUT2D eigenvalue weighted by molar-refractivity contribution is 7.80. The molecule has 0 aliphatic carbocycles. The fourth-order valence-corrected chi connectivity index (χ4v) is 0.903. The Balaban J connectivity index is 3.88. The summed E-state index contributed by atoms with van der Waals surface area (Å²) in [7, 11) is 1.58. The van der Waals surface area contributed by atoms with Crippen LogP contribution in [0.1, 0.15) is 0 Å². The maximum Gasteiger partial charge on any atom is 0.334 e. The van der Waals surface area contributed by atoms with Gasteiger partial charge in [0.25, 0.3) is 0 Å². The first-order valence-corrected chi connectivity index (χ1v) is 3.45. The van der Waals surface area contributed by atoms with Crippen molar-refractivity contribution in [3.63, 3.8) is 0 Å². The maximum absolute atomic E-state index is 10.1. The van der Waals surface area contributed by atoms with Crippen molar-refractivity contribution in [2.45, 2.75) is 12.1 Å². The summed E-state index contributed by atoms with van der Waals surface area (Å²) in [4.78, 5) is 10.1. The van der Waals surface area contributed by atoms with E-state index >= 15 is 0 Å². The Morgan fingerprint density at radius 3 is 2.40 bits per heavy atom. The lowest BCUT2D eigenvalue weighted by atomic mass is 10.2. The van der Waals surface area contributed by atoms with Crippen molar-refractivity contribution in [3.05, 3.63) is 0 Å². The zero-order valence-corrected chi connectivity index (χ0v) is 6.51. The van der Waals surface area contributed by atoms with Gasteiger partial charge in [0.2, 0.25) is 0 Å². The molecule has 0 bridgehead atoms. The Labute approximate surface area is 64.7 Å². The van der Waals surface area contributed by atoms with Gasteiger partial charge in [0.05, 0.1) is 6.04 Å². The lowest BCUT2D eigenvalue weighted by molar-refractivity contribution is -0.147. The Bertz CT molecular complexity index is 115. The summed E-state index contributed by atoms with van der Waals surface area (Å²) in [6.07, 6.45) is -1.37. The van der Waals surface area contributed by atoms with E-state index in [1.807, 2.05) is 0 Å². The molecule has 0 heterocycles. The van der Waals surface area contributed by atoms with Crippen LogP contribution in [0.25, 0.3) is 0 Å². The Hall–Kier alpha value is -0.260. The quantitative estimate of drug-likeness (QED) is 0.401. The normalized spacial score (nSPS) is 16.3. The number of carboxylic acid groups (broad SMARTS) is 1. The maximum atomic E-state index is 10.1. The number of aliphatic hydroxyl groups excluding tert-OH is 1. The molecule has 0 aromatic rings. The van der Waals surface area contributed by atoms with Crippen molar-refractivity contribution < 1.29 is 15.0 Å². The van der Waals surface area contributed by atoms with E-state index in [4.69, 9.17) is 10.2 Å². The minimum atomic E-state index is -1.37. The van der Waals surface area contributed by atoms with Crippen molar-refractivity contribution in [3.8, 4) is 0 Å². The largest absolute Gasteiger partial charge is 0.479 e. The molecule has 0 rings (SSSR count). The summed E-state index contributed by atoms with van der Waals surface area (Å²) in [5.74, 6) is -0.933. The molecule has 0 aromatic heterocycles. The van der Waals surface area contributed by atoms with Gasteiger partial charge in [-0.15, -0.1) is 0 Å². The molecule has 0 radical (unpaired) electrons. The average molecular weight is 165 g/mol. The van der Waals surface area contributed by atoms with E-state index < -0.39 is 18.1 Å². The average Bonchev–Trinajstić information content (AvgIpc) is 1.90. The standard InChI is InChI=1S/C5H11NO3S/c1-6-3(2-10)4(7)5(8)9/h3-4,6-7,10H,2H2,1H3,(H,8,9)/t3-,4-/m0/s1. The van der Waals surface area contributed by atoms with E-state index in [0.717, 1.165) is 0 Å². The summed E-state index contributed by atoms with van der Waals surface area (Å²) in [6.45, 7) is 0. The summed E-state index contributed by atoms with van der Waals surface area (Å²) in [5.41, 5.74) is 0. The van der Waals surface area contributed by atoms with Gasteiger partial charge in [-0.05, 0) is 7.05 Å². The molecule has 0 fully saturated rings. The number of aliphatic hydroxyl groups is 1. The monoisotopic (exact) mass is 165 g/mol. The molecular formula is C5H11NO3S. The highest BCUT2D eigenvalue weighted by atomic mass is 32.1. The van der Waals surface area contributed by atoms with Crippen LogP contribution in [0.15, 0.2) is 0 Å². The van der Waals surface area contributed by atoms with E-state index in [2.05, 4.69) is 17.9 Å². The third-order valence-electron chi connectivity index (χ3n) is 1.20. The Morgan fingerprint density at radius 2 is 2.30 bits per heavy atom. The van der Waals surface area contributed by atoms with Crippen molar-refractivity contribution in [1.82, 2.24) is 5.32 Å². The highest BCUT2D eigenvalue weighted by Gasteiger charge is 2.22. The van der Waals surface area contributed by atoms with Crippen LogP contribution in [0.5, 0.6) is 0 Å². The molecule has 0 unspecified atom stereocenters. The smallest absolute Gasteiger partial charge is 0.334 e. The first kappa shape index (κ1) is 9.74. The minimum Gasteiger partial charge on any atom is -0.479 e. The molecule has 0 saturated heterocycles. The van der Waals surface area contributed by atoms with Crippen molar-refractivity contribution in [2.75, 3.05) is 12.8 Å². The molecule has 0 saturated carbocycles. The number of rotatable bonds is 4. The number of nitrogens with one attached hydrogen (secondary N) is 1. The molecule has 5 heteroatoms. The van der Waals surface area contributed by atoms with Crippen LogP contribution in [0.3, 0.4) is 0 Å². The molecular weight excluding hydrogens is 154 g/mol. The molecule has 0 amide bonds. The molecule has 2 atom stereocenters. The number of carbonyl (C=O) groups is 1. The van der Waals surface area contributed by atoms with E-state index in [0.29, 0.717) is 5.75 Å². The minimum absolute atomic E-state index is 0.296. The van der Waals surface area contributed by atoms with E-state index in [-0.39, 0.29) is 0 Å². The highest BCUT2D eigenvalue weighted by Crippen LogP contribution is 1.95. The predicted molar refractivity (Wildman–Crippen MR) is 40.3 cm³/mol. The van der Waals surface area contributed by atoms with Crippen LogP contribution in [0, 0.1) is 0 Å². The molecule has 0 aromatic carbocycles. The van der Waals surface area contributed by atoms with Crippen molar-refractivity contribution in [2.24, 2.45) is 0 Å². The Morgan fingerprint density at radius 1 is 1.80 bits per heavy atom. The van der Waals surface area contributed by atoms with Gasteiger partial charge in [-0.25, -0.2) is 4.79 Å². The number of hydrogen-bond acceptors (Lipinski definition) is 4.